The average molecular weight is 212 g/mol. The summed E-state index contributed by atoms with van der Waals surface area (Å²) in [7, 11) is 0. The number of carboxylic acid groups (broad SMARTS) is 1. The first-order chi connectivity index (χ1) is 7.04. The first-order valence-corrected chi connectivity index (χ1v) is 4.91. The summed E-state index contributed by atoms with van der Waals surface area (Å²) in [6.45, 7) is 1.96. The SMILES string of the molecule is CC1C(=O)N2CCCC(C(=O)O)N2C1=O. The molecule has 2 aliphatic heterocycles. The van der Waals surface area contributed by atoms with Crippen LogP contribution in [0.4, 0.5) is 0 Å². The molecule has 0 saturated carbocycles. The number of hydrogen-bond acceptors (Lipinski definition) is 3. The second-order valence-electron chi connectivity index (χ2n) is 3.86. The van der Waals surface area contributed by atoms with Gasteiger partial charge in [-0.15, -0.1) is 0 Å². The number of fused-ring (bicyclic) bond motifs is 1. The fourth-order valence-corrected chi connectivity index (χ4v) is 2.08. The summed E-state index contributed by atoms with van der Waals surface area (Å²) in [4.78, 5) is 34.2. The molecule has 2 amide bonds. The Bertz CT molecular complexity index is 335. The van der Waals surface area contributed by atoms with E-state index in [2.05, 4.69) is 0 Å². The number of carbonyl (C=O) groups is 3. The molecule has 0 aromatic heterocycles. The Kier molecular flexibility index (Phi) is 2.13. The molecule has 6 heteroatoms. The van der Waals surface area contributed by atoms with Gasteiger partial charge in [-0.25, -0.2) is 9.80 Å². The molecule has 2 atom stereocenters. The van der Waals surface area contributed by atoms with Crippen molar-refractivity contribution in [3.05, 3.63) is 0 Å². The van der Waals surface area contributed by atoms with Crippen molar-refractivity contribution in [3.8, 4) is 0 Å². The molecule has 2 saturated heterocycles. The first-order valence-electron chi connectivity index (χ1n) is 4.91. The molecule has 0 aromatic carbocycles. The molecule has 0 aromatic rings. The number of amides is 2. The molecule has 2 unspecified atom stereocenters. The average Bonchev–Trinajstić information content (AvgIpc) is 2.44. The molecule has 2 aliphatic rings. The van der Waals surface area contributed by atoms with E-state index in [4.69, 9.17) is 5.11 Å². The molecule has 15 heavy (non-hydrogen) atoms. The van der Waals surface area contributed by atoms with E-state index in [-0.39, 0.29) is 5.91 Å². The number of aliphatic carboxylic acids is 1. The minimum atomic E-state index is -1.05. The Labute approximate surface area is 86.4 Å². The molecule has 1 N–H and O–H groups in total. The van der Waals surface area contributed by atoms with Gasteiger partial charge in [-0.05, 0) is 19.8 Å². The van der Waals surface area contributed by atoms with Crippen LogP contribution >= 0.6 is 0 Å². The number of rotatable bonds is 1. The van der Waals surface area contributed by atoms with Gasteiger partial charge >= 0.3 is 5.97 Å². The molecule has 2 fully saturated rings. The number of hydrogen-bond donors (Lipinski definition) is 1. The summed E-state index contributed by atoms with van der Waals surface area (Å²) in [6, 6.07) is -0.875. The maximum absolute atomic E-state index is 11.7. The van der Waals surface area contributed by atoms with Gasteiger partial charge in [0.2, 0.25) is 0 Å². The zero-order chi connectivity index (χ0) is 11.2. The lowest BCUT2D eigenvalue weighted by molar-refractivity contribution is -0.169. The van der Waals surface area contributed by atoms with Crippen LogP contribution in [-0.2, 0) is 14.4 Å². The summed E-state index contributed by atoms with van der Waals surface area (Å²) < 4.78 is 0. The third kappa shape index (κ3) is 1.28. The normalized spacial score (nSPS) is 30.7. The van der Waals surface area contributed by atoms with E-state index in [0.29, 0.717) is 19.4 Å². The molecular weight excluding hydrogens is 200 g/mol. The summed E-state index contributed by atoms with van der Waals surface area (Å²) in [6.07, 6.45) is 1.04. The molecule has 0 spiro atoms. The second-order valence-corrected chi connectivity index (χ2v) is 3.86. The Hall–Kier alpha value is -1.59. The number of carboxylic acids is 1. The largest absolute Gasteiger partial charge is 0.480 e. The van der Waals surface area contributed by atoms with Crippen LogP contribution in [0.3, 0.4) is 0 Å². The maximum Gasteiger partial charge on any atom is 0.328 e. The smallest absolute Gasteiger partial charge is 0.328 e. The Morgan fingerprint density at radius 2 is 2.07 bits per heavy atom. The minimum absolute atomic E-state index is 0.286. The van der Waals surface area contributed by atoms with Gasteiger partial charge in [0.15, 0.2) is 6.04 Å². The lowest BCUT2D eigenvalue weighted by atomic mass is 10.1. The van der Waals surface area contributed by atoms with Gasteiger partial charge in [-0.2, -0.15) is 0 Å². The Morgan fingerprint density at radius 3 is 2.67 bits per heavy atom. The van der Waals surface area contributed by atoms with Crippen molar-refractivity contribution in [2.45, 2.75) is 25.8 Å². The third-order valence-corrected chi connectivity index (χ3v) is 2.91. The van der Waals surface area contributed by atoms with E-state index in [1.165, 1.54) is 11.9 Å². The van der Waals surface area contributed by atoms with Gasteiger partial charge < -0.3 is 5.11 Å². The minimum Gasteiger partial charge on any atom is -0.480 e. The van der Waals surface area contributed by atoms with Gasteiger partial charge in [-0.1, -0.05) is 0 Å². The Morgan fingerprint density at radius 1 is 1.40 bits per heavy atom. The highest BCUT2D eigenvalue weighted by molar-refractivity contribution is 6.06. The summed E-state index contributed by atoms with van der Waals surface area (Å²) in [5.41, 5.74) is 0. The van der Waals surface area contributed by atoms with Crippen LogP contribution in [0.15, 0.2) is 0 Å². The zero-order valence-electron chi connectivity index (χ0n) is 8.34. The van der Waals surface area contributed by atoms with Crippen LogP contribution < -0.4 is 0 Å². The fraction of sp³-hybridized carbons (Fsp3) is 0.667. The van der Waals surface area contributed by atoms with Crippen molar-refractivity contribution >= 4 is 17.8 Å². The summed E-state index contributed by atoms with van der Waals surface area (Å²) >= 11 is 0. The fourth-order valence-electron chi connectivity index (χ4n) is 2.08. The van der Waals surface area contributed by atoms with E-state index in [1.807, 2.05) is 0 Å². The van der Waals surface area contributed by atoms with E-state index in [0.717, 1.165) is 5.01 Å². The Balaban J connectivity index is 2.32. The number of carbonyl (C=O) groups excluding carboxylic acids is 2. The van der Waals surface area contributed by atoms with Crippen molar-refractivity contribution in [3.63, 3.8) is 0 Å². The lowest BCUT2D eigenvalue weighted by Gasteiger charge is -2.36. The predicted molar refractivity (Wildman–Crippen MR) is 48.4 cm³/mol. The third-order valence-electron chi connectivity index (χ3n) is 2.91. The van der Waals surface area contributed by atoms with Crippen molar-refractivity contribution < 1.29 is 19.5 Å². The van der Waals surface area contributed by atoms with Crippen LogP contribution in [-0.4, -0.2) is 45.5 Å². The standard InChI is InChI=1S/C9H12N2O4/c1-5-7(12)10-4-2-3-6(9(14)15)11(10)8(5)13/h5-6H,2-4H2,1H3,(H,14,15). The van der Waals surface area contributed by atoms with Crippen molar-refractivity contribution in [1.82, 2.24) is 10.0 Å². The van der Waals surface area contributed by atoms with E-state index >= 15 is 0 Å². The van der Waals surface area contributed by atoms with Crippen LogP contribution in [0.2, 0.25) is 0 Å². The molecule has 2 heterocycles. The van der Waals surface area contributed by atoms with Crippen LogP contribution in [0.25, 0.3) is 0 Å². The highest BCUT2D eigenvalue weighted by Crippen LogP contribution is 2.28. The molecule has 0 bridgehead atoms. The molecular formula is C9H12N2O4. The van der Waals surface area contributed by atoms with Gasteiger partial charge in [0.25, 0.3) is 11.8 Å². The van der Waals surface area contributed by atoms with Gasteiger partial charge in [-0.3, -0.25) is 14.6 Å². The second kappa shape index (κ2) is 3.22. The predicted octanol–water partition coefficient (Wildman–Crippen LogP) is -0.545. The quantitative estimate of drug-likeness (QED) is 0.592. The first kappa shape index (κ1) is 9.95. The molecule has 0 radical (unpaired) electrons. The van der Waals surface area contributed by atoms with Crippen molar-refractivity contribution in [2.75, 3.05) is 6.54 Å². The zero-order valence-corrected chi connectivity index (χ0v) is 8.34. The van der Waals surface area contributed by atoms with Crippen molar-refractivity contribution in [1.29, 1.82) is 0 Å². The molecule has 0 aliphatic carbocycles. The molecule has 2 rings (SSSR count). The summed E-state index contributed by atoms with van der Waals surface area (Å²) in [5.74, 6) is -2.46. The van der Waals surface area contributed by atoms with Gasteiger partial charge in [0.05, 0.1) is 0 Å². The highest BCUT2D eigenvalue weighted by atomic mass is 16.4. The van der Waals surface area contributed by atoms with E-state index in [1.54, 1.807) is 0 Å². The van der Waals surface area contributed by atoms with Crippen LogP contribution in [0.5, 0.6) is 0 Å². The topological polar surface area (TPSA) is 77.9 Å². The maximum atomic E-state index is 11.7. The summed E-state index contributed by atoms with van der Waals surface area (Å²) in [5, 5.41) is 11.3. The lowest BCUT2D eigenvalue weighted by Crippen LogP contribution is -2.54. The van der Waals surface area contributed by atoms with Crippen LogP contribution in [0.1, 0.15) is 19.8 Å². The van der Waals surface area contributed by atoms with Crippen molar-refractivity contribution in [2.24, 2.45) is 5.92 Å². The highest BCUT2D eigenvalue weighted by Gasteiger charge is 2.49. The van der Waals surface area contributed by atoms with Gasteiger partial charge in [0.1, 0.15) is 5.92 Å². The number of hydrazine groups is 1. The van der Waals surface area contributed by atoms with Gasteiger partial charge in [0, 0.05) is 6.54 Å². The van der Waals surface area contributed by atoms with E-state index in [9.17, 15) is 14.4 Å². The molecule has 6 nitrogen and oxygen atoms in total. The van der Waals surface area contributed by atoms with Crippen LogP contribution in [0, 0.1) is 5.92 Å². The molecule has 82 valence electrons. The van der Waals surface area contributed by atoms with E-state index < -0.39 is 23.8 Å². The monoisotopic (exact) mass is 212 g/mol. The number of nitrogens with zero attached hydrogens (tertiary/aromatic N) is 2.